The first-order valence-electron chi connectivity index (χ1n) is 5.63. The third-order valence-corrected chi connectivity index (χ3v) is 5.27. The quantitative estimate of drug-likeness (QED) is 0.567. The molecule has 0 heterocycles. The van der Waals surface area contributed by atoms with Crippen LogP contribution in [-0.2, 0) is 13.6 Å². The van der Waals surface area contributed by atoms with Crippen molar-refractivity contribution in [3.63, 3.8) is 0 Å². The second kappa shape index (κ2) is 6.55. The summed E-state index contributed by atoms with van der Waals surface area (Å²) in [5, 5.41) is -0.762. The van der Waals surface area contributed by atoms with E-state index in [1.807, 2.05) is 31.2 Å². The van der Waals surface area contributed by atoms with Crippen molar-refractivity contribution in [2.75, 3.05) is 13.2 Å². The molecule has 5 heteroatoms. The van der Waals surface area contributed by atoms with Crippen LogP contribution in [0.4, 0.5) is 0 Å². The Labute approximate surface area is 108 Å². The number of rotatable bonds is 6. The Morgan fingerprint density at radius 3 is 2.35 bits per heavy atom. The van der Waals surface area contributed by atoms with Crippen LogP contribution in [-0.4, -0.2) is 13.2 Å². The van der Waals surface area contributed by atoms with E-state index in [1.54, 1.807) is 13.8 Å². The highest BCUT2D eigenvalue weighted by Gasteiger charge is 2.35. The van der Waals surface area contributed by atoms with Crippen molar-refractivity contribution in [1.82, 2.24) is 0 Å². The molecular formula is C12H18ClO3P. The number of halogens is 1. The minimum Gasteiger partial charge on any atom is -0.308 e. The van der Waals surface area contributed by atoms with E-state index >= 15 is 0 Å². The summed E-state index contributed by atoms with van der Waals surface area (Å²) in [6.07, 6.45) is 0. The van der Waals surface area contributed by atoms with E-state index in [0.29, 0.717) is 13.2 Å². The molecule has 1 aromatic rings. The number of hydrogen-bond donors (Lipinski definition) is 0. The number of alkyl halides is 1. The van der Waals surface area contributed by atoms with E-state index in [4.69, 9.17) is 20.6 Å². The third-order valence-electron chi connectivity index (χ3n) is 2.21. The van der Waals surface area contributed by atoms with Crippen LogP contribution in [0, 0.1) is 6.92 Å². The second-order valence-electron chi connectivity index (χ2n) is 3.63. The smallest absolute Gasteiger partial charge is 0.308 e. The number of aryl methyl sites for hydroxylation is 1. The van der Waals surface area contributed by atoms with Gasteiger partial charge in [0.1, 0.15) is 0 Å². The van der Waals surface area contributed by atoms with Crippen LogP contribution >= 0.6 is 19.2 Å². The van der Waals surface area contributed by atoms with Crippen LogP contribution in [0.1, 0.15) is 30.1 Å². The summed E-state index contributed by atoms with van der Waals surface area (Å²) in [6, 6.07) is 7.55. The summed E-state index contributed by atoms with van der Waals surface area (Å²) >= 11 is 6.23. The van der Waals surface area contributed by atoms with Gasteiger partial charge in [-0.3, -0.25) is 4.57 Å². The Bertz CT molecular complexity index is 398. The van der Waals surface area contributed by atoms with Gasteiger partial charge in [-0.1, -0.05) is 29.8 Å². The van der Waals surface area contributed by atoms with Crippen molar-refractivity contribution >= 4 is 19.2 Å². The summed E-state index contributed by atoms with van der Waals surface area (Å²) in [5.41, 5.74) is 1.82. The molecule has 3 nitrogen and oxygen atoms in total. The molecule has 1 aromatic carbocycles. The summed E-state index contributed by atoms with van der Waals surface area (Å²) in [7, 11) is -3.29. The van der Waals surface area contributed by atoms with Gasteiger partial charge in [-0.05, 0) is 26.3 Å². The topological polar surface area (TPSA) is 35.5 Å². The maximum absolute atomic E-state index is 12.4. The zero-order chi connectivity index (χ0) is 12.9. The fraction of sp³-hybridized carbons (Fsp3) is 0.500. The molecular weight excluding hydrogens is 259 g/mol. The summed E-state index contributed by atoms with van der Waals surface area (Å²) in [6.45, 7) is 6.12. The molecule has 0 bridgehead atoms. The van der Waals surface area contributed by atoms with Crippen molar-refractivity contribution in [3.8, 4) is 0 Å². The highest BCUT2D eigenvalue weighted by molar-refractivity contribution is 7.56. The van der Waals surface area contributed by atoms with Crippen LogP contribution in [0.3, 0.4) is 0 Å². The van der Waals surface area contributed by atoms with Gasteiger partial charge in [0.15, 0.2) is 5.12 Å². The predicted molar refractivity (Wildman–Crippen MR) is 70.6 cm³/mol. The van der Waals surface area contributed by atoms with Crippen molar-refractivity contribution < 1.29 is 13.6 Å². The predicted octanol–water partition coefficient (Wildman–Crippen LogP) is 4.50. The third kappa shape index (κ3) is 3.82. The molecule has 0 saturated carbocycles. The molecule has 0 radical (unpaired) electrons. The van der Waals surface area contributed by atoms with Gasteiger partial charge >= 0.3 is 7.60 Å². The minimum atomic E-state index is -3.29. The first-order chi connectivity index (χ1) is 8.03. The van der Waals surface area contributed by atoms with Crippen molar-refractivity contribution in [1.29, 1.82) is 0 Å². The standard InChI is InChI=1S/C12H18ClO3P/c1-4-15-17(14,16-5-2)12(13)11-8-6-7-10(3)9-11/h6-9,12H,4-5H2,1-3H3. The van der Waals surface area contributed by atoms with E-state index in [-0.39, 0.29) is 0 Å². The van der Waals surface area contributed by atoms with Gasteiger partial charge in [-0.15, -0.1) is 11.6 Å². The Morgan fingerprint density at radius 1 is 1.29 bits per heavy atom. The SMILES string of the molecule is CCOP(=O)(OCC)C(Cl)c1cccc(C)c1. The Hall–Kier alpha value is -0.340. The normalized spacial score (nSPS) is 13.6. The molecule has 0 aliphatic carbocycles. The minimum absolute atomic E-state index is 0.312. The van der Waals surface area contributed by atoms with Crippen molar-refractivity contribution in [3.05, 3.63) is 35.4 Å². The Balaban J connectivity index is 2.99. The monoisotopic (exact) mass is 276 g/mol. The van der Waals surface area contributed by atoms with Crippen molar-refractivity contribution in [2.24, 2.45) is 0 Å². The largest absolute Gasteiger partial charge is 0.352 e. The van der Waals surface area contributed by atoms with E-state index < -0.39 is 12.7 Å². The van der Waals surface area contributed by atoms with Crippen LogP contribution in [0.5, 0.6) is 0 Å². The van der Waals surface area contributed by atoms with Gasteiger partial charge in [0.25, 0.3) is 0 Å². The molecule has 0 saturated heterocycles. The maximum Gasteiger partial charge on any atom is 0.352 e. The summed E-state index contributed by atoms with van der Waals surface area (Å²) in [4.78, 5) is 0. The lowest BCUT2D eigenvalue weighted by Crippen LogP contribution is -2.02. The average molecular weight is 277 g/mol. The molecule has 0 N–H and O–H groups in total. The Morgan fingerprint density at radius 2 is 1.88 bits per heavy atom. The summed E-state index contributed by atoms with van der Waals surface area (Å²) < 4.78 is 22.9. The van der Waals surface area contributed by atoms with Crippen LogP contribution < -0.4 is 0 Å². The van der Waals surface area contributed by atoms with Crippen LogP contribution in [0.15, 0.2) is 24.3 Å². The molecule has 0 aliphatic heterocycles. The lowest BCUT2D eigenvalue weighted by molar-refractivity contribution is 0.218. The van der Waals surface area contributed by atoms with Gasteiger partial charge in [0.2, 0.25) is 0 Å². The van der Waals surface area contributed by atoms with E-state index in [0.717, 1.165) is 11.1 Å². The van der Waals surface area contributed by atoms with E-state index in [9.17, 15) is 4.57 Å². The fourth-order valence-corrected chi connectivity index (χ4v) is 3.58. The lowest BCUT2D eigenvalue weighted by Gasteiger charge is -2.22. The maximum atomic E-state index is 12.4. The van der Waals surface area contributed by atoms with Gasteiger partial charge in [-0.25, -0.2) is 0 Å². The molecule has 1 rings (SSSR count). The van der Waals surface area contributed by atoms with Gasteiger partial charge in [-0.2, -0.15) is 0 Å². The highest BCUT2D eigenvalue weighted by Crippen LogP contribution is 2.62. The lowest BCUT2D eigenvalue weighted by atomic mass is 10.2. The van der Waals surface area contributed by atoms with Gasteiger partial charge in [0, 0.05) is 0 Å². The van der Waals surface area contributed by atoms with E-state index in [1.165, 1.54) is 0 Å². The molecule has 17 heavy (non-hydrogen) atoms. The summed E-state index contributed by atoms with van der Waals surface area (Å²) in [5.74, 6) is 0. The first kappa shape index (κ1) is 14.7. The van der Waals surface area contributed by atoms with E-state index in [2.05, 4.69) is 0 Å². The van der Waals surface area contributed by atoms with Crippen LogP contribution in [0.25, 0.3) is 0 Å². The van der Waals surface area contributed by atoms with Gasteiger partial charge < -0.3 is 9.05 Å². The second-order valence-corrected chi connectivity index (χ2v) is 6.48. The molecule has 0 amide bonds. The zero-order valence-electron chi connectivity index (χ0n) is 10.4. The average Bonchev–Trinajstić information content (AvgIpc) is 2.28. The molecule has 0 fully saturated rings. The first-order valence-corrected chi connectivity index (χ1v) is 7.67. The number of hydrogen-bond acceptors (Lipinski definition) is 3. The number of benzene rings is 1. The molecule has 1 unspecified atom stereocenters. The molecule has 0 aliphatic rings. The Kier molecular flexibility index (Phi) is 5.68. The zero-order valence-corrected chi connectivity index (χ0v) is 12.0. The molecule has 0 spiro atoms. The van der Waals surface area contributed by atoms with Gasteiger partial charge in [0.05, 0.1) is 13.2 Å². The fourth-order valence-electron chi connectivity index (χ4n) is 1.53. The van der Waals surface area contributed by atoms with Crippen LogP contribution in [0.2, 0.25) is 0 Å². The highest BCUT2D eigenvalue weighted by atomic mass is 35.5. The molecule has 1 atom stereocenters. The molecule has 0 aromatic heterocycles. The molecule has 96 valence electrons. The van der Waals surface area contributed by atoms with Crippen molar-refractivity contribution in [2.45, 2.75) is 25.9 Å².